The minimum absolute atomic E-state index is 0.0420. The highest BCUT2D eigenvalue weighted by Gasteiger charge is 2.15. The molecule has 0 aliphatic heterocycles. The lowest BCUT2D eigenvalue weighted by Gasteiger charge is -2.10. The van der Waals surface area contributed by atoms with Crippen molar-refractivity contribution >= 4 is 28.2 Å². The lowest BCUT2D eigenvalue weighted by atomic mass is 9.93. The number of halogens is 1. The molecule has 0 saturated carbocycles. The maximum atomic E-state index is 12.9. The number of carbonyl (C=O) groups is 1. The second-order valence-corrected chi connectivity index (χ2v) is 5.70. The Kier molecular flexibility index (Phi) is 3.52. The highest BCUT2D eigenvalue weighted by atomic mass is 35.5. The molecule has 0 saturated heterocycles. The van der Waals surface area contributed by atoms with Crippen LogP contribution < -0.4 is 0 Å². The molecule has 0 bridgehead atoms. The van der Waals surface area contributed by atoms with E-state index in [1.54, 1.807) is 12.1 Å². The Morgan fingerprint density at radius 2 is 1.48 bits per heavy atom. The predicted octanol–water partition coefficient (Wildman–Crippen LogP) is 5.34. The number of fused-ring (bicyclic) bond motifs is 1. The second kappa shape index (κ2) is 5.34. The molecule has 0 fully saturated rings. The summed E-state index contributed by atoms with van der Waals surface area (Å²) in [6.45, 7) is 3.97. The fourth-order valence-electron chi connectivity index (χ4n) is 2.67. The van der Waals surface area contributed by atoms with Gasteiger partial charge in [-0.3, -0.25) is 4.79 Å². The maximum absolute atomic E-state index is 12.9. The van der Waals surface area contributed by atoms with Gasteiger partial charge in [0.05, 0.1) is 0 Å². The molecule has 0 amide bonds. The third-order valence-corrected chi connectivity index (χ3v) is 4.05. The van der Waals surface area contributed by atoms with Crippen molar-refractivity contribution in [3.8, 4) is 0 Å². The van der Waals surface area contributed by atoms with Crippen LogP contribution in [0.15, 0.2) is 54.6 Å². The van der Waals surface area contributed by atoms with Crippen molar-refractivity contribution in [2.75, 3.05) is 0 Å². The van der Waals surface area contributed by atoms with Crippen molar-refractivity contribution in [3.63, 3.8) is 0 Å². The van der Waals surface area contributed by atoms with E-state index in [0.29, 0.717) is 10.6 Å². The number of carbonyl (C=O) groups excluding carboxylic acids is 1. The molecular weight excluding hydrogens is 280 g/mol. The number of ketones is 1. The minimum Gasteiger partial charge on any atom is -0.289 e. The molecule has 21 heavy (non-hydrogen) atoms. The normalized spacial score (nSPS) is 10.8. The summed E-state index contributed by atoms with van der Waals surface area (Å²) >= 11 is 5.97. The Labute approximate surface area is 129 Å². The third-order valence-electron chi connectivity index (χ3n) is 3.82. The van der Waals surface area contributed by atoms with Crippen LogP contribution in [0.4, 0.5) is 0 Å². The summed E-state index contributed by atoms with van der Waals surface area (Å²) in [6, 6.07) is 17.3. The smallest absolute Gasteiger partial charge is 0.193 e. The van der Waals surface area contributed by atoms with Gasteiger partial charge in [-0.2, -0.15) is 0 Å². The molecule has 2 heteroatoms. The first kappa shape index (κ1) is 13.8. The van der Waals surface area contributed by atoms with Crippen molar-refractivity contribution in [1.82, 2.24) is 0 Å². The SMILES string of the molecule is Cc1cc(Cl)ccc1C(=O)c1ccc(C)c2ccccc12. The number of aryl methyl sites for hydroxylation is 2. The average Bonchev–Trinajstić information content (AvgIpc) is 2.47. The van der Waals surface area contributed by atoms with Crippen LogP contribution in [0.2, 0.25) is 5.02 Å². The van der Waals surface area contributed by atoms with Crippen molar-refractivity contribution < 1.29 is 4.79 Å². The molecule has 0 atom stereocenters. The van der Waals surface area contributed by atoms with Crippen LogP contribution in [0.3, 0.4) is 0 Å². The van der Waals surface area contributed by atoms with Gasteiger partial charge in [0.2, 0.25) is 0 Å². The first-order chi connectivity index (χ1) is 10.1. The lowest BCUT2D eigenvalue weighted by Crippen LogP contribution is -2.04. The van der Waals surface area contributed by atoms with E-state index in [-0.39, 0.29) is 5.78 Å². The average molecular weight is 295 g/mol. The number of hydrogen-bond acceptors (Lipinski definition) is 1. The maximum Gasteiger partial charge on any atom is 0.193 e. The molecular formula is C19H15ClO. The van der Waals surface area contributed by atoms with Crippen molar-refractivity contribution in [2.24, 2.45) is 0 Å². The Morgan fingerprint density at radius 3 is 2.19 bits per heavy atom. The minimum atomic E-state index is 0.0420. The second-order valence-electron chi connectivity index (χ2n) is 5.26. The highest BCUT2D eigenvalue weighted by molar-refractivity contribution is 6.31. The Morgan fingerprint density at radius 1 is 0.810 bits per heavy atom. The van der Waals surface area contributed by atoms with Crippen LogP contribution in [0.1, 0.15) is 27.0 Å². The molecule has 0 radical (unpaired) electrons. The van der Waals surface area contributed by atoms with Crippen LogP contribution in [-0.2, 0) is 0 Å². The Bertz CT molecular complexity index is 849. The van der Waals surface area contributed by atoms with E-state index in [0.717, 1.165) is 21.9 Å². The summed E-state index contributed by atoms with van der Waals surface area (Å²) in [6.07, 6.45) is 0. The van der Waals surface area contributed by atoms with E-state index < -0.39 is 0 Å². The first-order valence-electron chi connectivity index (χ1n) is 6.87. The van der Waals surface area contributed by atoms with Gasteiger partial charge in [0.25, 0.3) is 0 Å². The molecule has 3 aromatic carbocycles. The quantitative estimate of drug-likeness (QED) is 0.583. The number of rotatable bonds is 2. The third kappa shape index (κ3) is 2.45. The molecule has 0 heterocycles. The highest BCUT2D eigenvalue weighted by Crippen LogP contribution is 2.26. The van der Waals surface area contributed by atoms with Crippen molar-refractivity contribution in [1.29, 1.82) is 0 Å². The van der Waals surface area contributed by atoms with Crippen LogP contribution in [0, 0.1) is 13.8 Å². The summed E-state index contributed by atoms with van der Waals surface area (Å²) in [5.74, 6) is 0.0420. The Hall–Kier alpha value is -2.12. The van der Waals surface area contributed by atoms with Crippen molar-refractivity contribution in [3.05, 3.63) is 81.9 Å². The molecule has 3 aromatic rings. The van der Waals surface area contributed by atoms with E-state index >= 15 is 0 Å². The van der Waals surface area contributed by atoms with E-state index in [1.165, 1.54) is 5.56 Å². The molecule has 3 rings (SSSR count). The topological polar surface area (TPSA) is 17.1 Å². The molecule has 0 aliphatic carbocycles. The summed E-state index contributed by atoms with van der Waals surface area (Å²) in [7, 11) is 0. The van der Waals surface area contributed by atoms with Gasteiger partial charge in [0, 0.05) is 16.1 Å². The monoisotopic (exact) mass is 294 g/mol. The van der Waals surface area contributed by atoms with Crippen LogP contribution in [-0.4, -0.2) is 5.78 Å². The van der Waals surface area contributed by atoms with Gasteiger partial charge in [-0.05, 0) is 53.9 Å². The molecule has 0 unspecified atom stereocenters. The Balaban J connectivity index is 2.21. The van der Waals surface area contributed by atoms with Crippen molar-refractivity contribution in [2.45, 2.75) is 13.8 Å². The predicted molar refractivity (Wildman–Crippen MR) is 88.3 cm³/mol. The van der Waals surface area contributed by atoms with Gasteiger partial charge >= 0.3 is 0 Å². The van der Waals surface area contributed by atoms with E-state index in [2.05, 4.69) is 13.0 Å². The van der Waals surface area contributed by atoms with Crippen LogP contribution in [0.5, 0.6) is 0 Å². The molecule has 0 aromatic heterocycles. The fourth-order valence-corrected chi connectivity index (χ4v) is 2.90. The van der Waals surface area contributed by atoms with Gasteiger partial charge in [-0.25, -0.2) is 0 Å². The largest absolute Gasteiger partial charge is 0.289 e. The van der Waals surface area contributed by atoms with Gasteiger partial charge in [-0.1, -0.05) is 48.0 Å². The van der Waals surface area contributed by atoms with Crippen LogP contribution >= 0.6 is 11.6 Å². The number of hydrogen-bond donors (Lipinski definition) is 0. The standard InChI is InChI=1S/C19H15ClO/c1-12-7-9-18(17-6-4-3-5-15(12)17)19(21)16-10-8-14(20)11-13(16)2/h3-11H,1-2H3. The molecule has 0 aliphatic rings. The molecule has 1 nitrogen and oxygen atoms in total. The van der Waals surface area contributed by atoms with Gasteiger partial charge in [0.1, 0.15) is 0 Å². The zero-order valence-electron chi connectivity index (χ0n) is 12.0. The fraction of sp³-hybridized carbons (Fsp3) is 0.105. The van der Waals surface area contributed by atoms with Gasteiger partial charge < -0.3 is 0 Å². The molecule has 104 valence electrons. The van der Waals surface area contributed by atoms with E-state index in [4.69, 9.17) is 11.6 Å². The number of benzene rings is 3. The summed E-state index contributed by atoms with van der Waals surface area (Å²) in [5.41, 5.74) is 3.52. The summed E-state index contributed by atoms with van der Waals surface area (Å²) < 4.78 is 0. The molecule has 0 N–H and O–H groups in total. The lowest BCUT2D eigenvalue weighted by molar-refractivity contribution is 0.103. The molecule has 0 spiro atoms. The zero-order chi connectivity index (χ0) is 15.0. The summed E-state index contributed by atoms with van der Waals surface area (Å²) in [5, 5.41) is 2.77. The van der Waals surface area contributed by atoms with E-state index in [1.807, 2.05) is 43.3 Å². The summed E-state index contributed by atoms with van der Waals surface area (Å²) in [4.78, 5) is 12.9. The van der Waals surface area contributed by atoms with E-state index in [9.17, 15) is 4.79 Å². The first-order valence-corrected chi connectivity index (χ1v) is 7.25. The van der Waals surface area contributed by atoms with Gasteiger partial charge in [-0.15, -0.1) is 0 Å². The van der Waals surface area contributed by atoms with Crippen LogP contribution in [0.25, 0.3) is 10.8 Å². The van der Waals surface area contributed by atoms with Gasteiger partial charge in [0.15, 0.2) is 5.78 Å². The zero-order valence-corrected chi connectivity index (χ0v) is 12.7.